The number of nitrogens with zero attached hydrogens (tertiary/aromatic N) is 1. The molecular formula is C17H24N2O. The van der Waals surface area contributed by atoms with E-state index in [4.69, 9.17) is 0 Å². The summed E-state index contributed by atoms with van der Waals surface area (Å²) < 4.78 is 0. The number of hydrogen-bond acceptors (Lipinski definition) is 2. The summed E-state index contributed by atoms with van der Waals surface area (Å²) in [5, 5.41) is 3.46. The van der Waals surface area contributed by atoms with E-state index in [0.29, 0.717) is 11.9 Å². The average molecular weight is 272 g/mol. The van der Waals surface area contributed by atoms with Crippen molar-refractivity contribution in [1.82, 2.24) is 10.2 Å². The third kappa shape index (κ3) is 2.35. The molecule has 0 bridgehead atoms. The van der Waals surface area contributed by atoms with Gasteiger partial charge in [-0.15, -0.1) is 0 Å². The van der Waals surface area contributed by atoms with E-state index in [1.165, 1.54) is 12.0 Å². The largest absolute Gasteiger partial charge is 0.341 e. The summed E-state index contributed by atoms with van der Waals surface area (Å²) in [4.78, 5) is 15.1. The number of carbonyl (C=O) groups is 1. The molecule has 3 rings (SSSR count). The maximum absolute atomic E-state index is 13.1. The van der Waals surface area contributed by atoms with Crippen molar-refractivity contribution in [2.24, 2.45) is 0 Å². The van der Waals surface area contributed by atoms with E-state index >= 15 is 0 Å². The Balaban J connectivity index is 1.81. The topological polar surface area (TPSA) is 32.3 Å². The van der Waals surface area contributed by atoms with Crippen molar-refractivity contribution in [3.8, 4) is 0 Å². The van der Waals surface area contributed by atoms with Crippen LogP contribution in [0.1, 0.15) is 38.2 Å². The standard InChI is InChI=1S/C17H24N2O/c1-14-8-12-19(13-11-18-14)16(20)17(9-5-10-17)15-6-3-2-4-7-15/h2-4,6-7,14,18H,5,8-13H2,1H3. The van der Waals surface area contributed by atoms with Crippen LogP contribution < -0.4 is 5.32 Å². The minimum Gasteiger partial charge on any atom is -0.341 e. The number of hydrogen-bond donors (Lipinski definition) is 1. The van der Waals surface area contributed by atoms with Crippen molar-refractivity contribution in [2.75, 3.05) is 19.6 Å². The van der Waals surface area contributed by atoms with Gasteiger partial charge < -0.3 is 10.2 Å². The van der Waals surface area contributed by atoms with Crippen molar-refractivity contribution < 1.29 is 4.79 Å². The molecule has 1 saturated carbocycles. The molecule has 0 aromatic heterocycles. The third-order valence-corrected chi connectivity index (χ3v) is 4.94. The van der Waals surface area contributed by atoms with E-state index in [2.05, 4.69) is 41.4 Å². The van der Waals surface area contributed by atoms with Gasteiger partial charge in [0.25, 0.3) is 0 Å². The molecule has 1 aromatic rings. The SMILES string of the molecule is CC1CCN(C(=O)C2(c3ccccc3)CCC2)CCN1. The fourth-order valence-electron chi connectivity index (χ4n) is 3.43. The van der Waals surface area contributed by atoms with E-state index < -0.39 is 0 Å². The maximum Gasteiger partial charge on any atom is 0.233 e. The van der Waals surface area contributed by atoms with E-state index in [-0.39, 0.29) is 5.41 Å². The molecule has 1 aliphatic heterocycles. The molecule has 2 aliphatic rings. The van der Waals surface area contributed by atoms with Crippen molar-refractivity contribution >= 4 is 5.91 Å². The first kappa shape index (κ1) is 13.6. The molecule has 1 aliphatic carbocycles. The van der Waals surface area contributed by atoms with Crippen molar-refractivity contribution in [3.63, 3.8) is 0 Å². The summed E-state index contributed by atoms with van der Waals surface area (Å²) >= 11 is 0. The minimum absolute atomic E-state index is 0.227. The molecule has 0 radical (unpaired) electrons. The van der Waals surface area contributed by atoms with Crippen LogP contribution in [0.25, 0.3) is 0 Å². The zero-order valence-corrected chi connectivity index (χ0v) is 12.3. The van der Waals surface area contributed by atoms with Gasteiger partial charge in [-0.05, 0) is 31.7 Å². The number of carbonyl (C=O) groups excluding carboxylic acids is 1. The number of nitrogens with one attached hydrogen (secondary N) is 1. The summed E-state index contributed by atoms with van der Waals surface area (Å²) in [5.41, 5.74) is 0.982. The van der Waals surface area contributed by atoms with Crippen LogP contribution in [0.5, 0.6) is 0 Å². The van der Waals surface area contributed by atoms with E-state index in [1.54, 1.807) is 0 Å². The van der Waals surface area contributed by atoms with Crippen LogP contribution >= 0.6 is 0 Å². The Hall–Kier alpha value is -1.35. The van der Waals surface area contributed by atoms with Crippen LogP contribution in [-0.2, 0) is 10.2 Å². The Bertz CT molecular complexity index is 467. The summed E-state index contributed by atoms with van der Waals surface area (Å²) in [6.45, 7) is 4.85. The first-order valence-corrected chi connectivity index (χ1v) is 7.81. The number of benzene rings is 1. The molecule has 3 nitrogen and oxygen atoms in total. The lowest BCUT2D eigenvalue weighted by atomic mass is 9.63. The summed E-state index contributed by atoms with van der Waals surface area (Å²) in [6, 6.07) is 10.9. The molecule has 1 atom stereocenters. The smallest absolute Gasteiger partial charge is 0.233 e. The van der Waals surface area contributed by atoms with Gasteiger partial charge in [-0.1, -0.05) is 36.8 Å². The molecular weight excluding hydrogens is 248 g/mol. The highest BCUT2D eigenvalue weighted by Gasteiger charge is 2.47. The fraction of sp³-hybridized carbons (Fsp3) is 0.588. The molecule has 1 N–H and O–H groups in total. The Kier molecular flexibility index (Phi) is 3.79. The minimum atomic E-state index is -0.227. The molecule has 1 amide bonds. The molecule has 1 unspecified atom stereocenters. The predicted molar refractivity (Wildman–Crippen MR) is 80.6 cm³/mol. The van der Waals surface area contributed by atoms with E-state index in [1.807, 2.05) is 6.07 Å². The van der Waals surface area contributed by atoms with E-state index in [9.17, 15) is 4.79 Å². The Morgan fingerprint density at radius 2 is 2.00 bits per heavy atom. The van der Waals surface area contributed by atoms with Gasteiger partial charge in [-0.2, -0.15) is 0 Å². The zero-order valence-electron chi connectivity index (χ0n) is 12.3. The summed E-state index contributed by atoms with van der Waals surface area (Å²) in [7, 11) is 0. The predicted octanol–water partition coefficient (Wildman–Crippen LogP) is 2.32. The quantitative estimate of drug-likeness (QED) is 0.896. The van der Waals surface area contributed by atoms with Gasteiger partial charge in [0, 0.05) is 25.7 Å². The van der Waals surface area contributed by atoms with Crippen LogP contribution in [0.2, 0.25) is 0 Å². The molecule has 1 heterocycles. The first-order valence-electron chi connectivity index (χ1n) is 7.81. The molecule has 108 valence electrons. The molecule has 3 heteroatoms. The van der Waals surface area contributed by atoms with Crippen LogP contribution in [0.15, 0.2) is 30.3 Å². The van der Waals surface area contributed by atoms with E-state index in [0.717, 1.165) is 38.9 Å². The Morgan fingerprint density at radius 3 is 2.65 bits per heavy atom. The van der Waals surface area contributed by atoms with Crippen molar-refractivity contribution in [2.45, 2.75) is 44.1 Å². The fourth-order valence-corrected chi connectivity index (χ4v) is 3.43. The summed E-state index contributed by atoms with van der Waals surface area (Å²) in [6.07, 6.45) is 4.24. The van der Waals surface area contributed by atoms with Gasteiger partial charge in [-0.3, -0.25) is 4.79 Å². The molecule has 0 spiro atoms. The van der Waals surface area contributed by atoms with Gasteiger partial charge in [0.05, 0.1) is 5.41 Å². The second-order valence-corrected chi connectivity index (χ2v) is 6.24. The van der Waals surface area contributed by atoms with Gasteiger partial charge in [0.2, 0.25) is 5.91 Å². The average Bonchev–Trinajstić information content (AvgIpc) is 2.63. The highest BCUT2D eigenvalue weighted by molar-refractivity contribution is 5.89. The third-order valence-electron chi connectivity index (χ3n) is 4.94. The molecule has 2 fully saturated rings. The second kappa shape index (κ2) is 5.57. The van der Waals surface area contributed by atoms with Crippen LogP contribution in [0.4, 0.5) is 0 Å². The van der Waals surface area contributed by atoms with Crippen molar-refractivity contribution in [3.05, 3.63) is 35.9 Å². The van der Waals surface area contributed by atoms with Crippen LogP contribution in [0, 0.1) is 0 Å². The lowest BCUT2D eigenvalue weighted by Gasteiger charge is -2.44. The van der Waals surface area contributed by atoms with Gasteiger partial charge in [0.15, 0.2) is 0 Å². The lowest BCUT2D eigenvalue weighted by Crippen LogP contribution is -2.51. The highest BCUT2D eigenvalue weighted by Crippen LogP contribution is 2.45. The Morgan fingerprint density at radius 1 is 1.25 bits per heavy atom. The van der Waals surface area contributed by atoms with Crippen molar-refractivity contribution in [1.29, 1.82) is 0 Å². The van der Waals surface area contributed by atoms with Gasteiger partial charge >= 0.3 is 0 Å². The maximum atomic E-state index is 13.1. The van der Waals surface area contributed by atoms with Gasteiger partial charge in [0.1, 0.15) is 0 Å². The molecule has 1 aromatic carbocycles. The molecule has 20 heavy (non-hydrogen) atoms. The summed E-state index contributed by atoms with van der Waals surface area (Å²) in [5.74, 6) is 0.353. The monoisotopic (exact) mass is 272 g/mol. The zero-order chi connectivity index (χ0) is 14.0. The first-order chi connectivity index (χ1) is 9.72. The number of amides is 1. The van der Waals surface area contributed by atoms with Crippen LogP contribution in [-0.4, -0.2) is 36.5 Å². The second-order valence-electron chi connectivity index (χ2n) is 6.24. The number of rotatable bonds is 2. The highest BCUT2D eigenvalue weighted by atomic mass is 16.2. The normalized spacial score (nSPS) is 25.6. The Labute approximate surface area is 121 Å². The molecule has 1 saturated heterocycles. The van der Waals surface area contributed by atoms with Gasteiger partial charge in [-0.25, -0.2) is 0 Å². The van der Waals surface area contributed by atoms with Crippen LogP contribution in [0.3, 0.4) is 0 Å². The lowest BCUT2D eigenvalue weighted by molar-refractivity contribution is -0.140.